The maximum atomic E-state index is 12.9. The predicted octanol–water partition coefficient (Wildman–Crippen LogP) is 3.24. The van der Waals surface area contributed by atoms with Gasteiger partial charge in [0.1, 0.15) is 5.76 Å². The summed E-state index contributed by atoms with van der Waals surface area (Å²) in [5.41, 5.74) is 1.80. The number of nitrogens with zero attached hydrogens (tertiary/aromatic N) is 1. The predicted molar refractivity (Wildman–Crippen MR) is 92.0 cm³/mol. The summed E-state index contributed by atoms with van der Waals surface area (Å²) in [6.45, 7) is 0.656. The van der Waals surface area contributed by atoms with Gasteiger partial charge >= 0.3 is 6.03 Å². The van der Waals surface area contributed by atoms with E-state index in [1.807, 2.05) is 0 Å². The maximum Gasteiger partial charge on any atom is 0.319 e. The third kappa shape index (κ3) is 2.88. The fourth-order valence-corrected chi connectivity index (χ4v) is 3.40. The zero-order chi connectivity index (χ0) is 17.6. The molecular formula is C17H13Cl2N3O3. The van der Waals surface area contributed by atoms with E-state index in [2.05, 4.69) is 10.6 Å². The Kier molecular flexibility index (Phi) is 3.94. The van der Waals surface area contributed by atoms with Gasteiger partial charge in [-0.1, -0.05) is 29.3 Å². The summed E-state index contributed by atoms with van der Waals surface area (Å²) < 4.78 is 5.31. The molecule has 2 aromatic rings. The molecule has 0 saturated heterocycles. The molecule has 0 fully saturated rings. The molecule has 0 bridgehead atoms. The Labute approximate surface area is 153 Å². The summed E-state index contributed by atoms with van der Waals surface area (Å²) >= 11 is 12.0. The topological polar surface area (TPSA) is 74.6 Å². The van der Waals surface area contributed by atoms with Gasteiger partial charge in [-0.15, -0.1) is 0 Å². The molecule has 4 rings (SSSR count). The van der Waals surface area contributed by atoms with Crippen molar-refractivity contribution in [3.8, 4) is 0 Å². The van der Waals surface area contributed by atoms with Gasteiger partial charge in [-0.2, -0.15) is 0 Å². The van der Waals surface area contributed by atoms with Crippen LogP contribution in [0.5, 0.6) is 0 Å². The normalized spacial score (nSPS) is 19.8. The second-order valence-electron chi connectivity index (χ2n) is 5.84. The highest BCUT2D eigenvalue weighted by atomic mass is 35.5. The number of hydrogen-bond acceptors (Lipinski definition) is 3. The molecule has 8 heteroatoms. The molecule has 0 aliphatic carbocycles. The lowest BCUT2D eigenvalue weighted by Crippen LogP contribution is -2.44. The van der Waals surface area contributed by atoms with Crippen LogP contribution in [0.2, 0.25) is 10.0 Å². The Morgan fingerprint density at radius 2 is 2.04 bits per heavy atom. The number of amides is 3. The van der Waals surface area contributed by atoms with Crippen LogP contribution in [0.15, 0.2) is 52.3 Å². The minimum atomic E-state index is -0.576. The number of carbonyl (C=O) groups excluding carboxylic acids is 2. The molecule has 0 spiro atoms. The zero-order valence-electron chi connectivity index (χ0n) is 12.9. The first kappa shape index (κ1) is 16.1. The Balaban J connectivity index is 1.66. The second-order valence-corrected chi connectivity index (χ2v) is 6.65. The molecule has 0 saturated carbocycles. The van der Waals surface area contributed by atoms with Crippen LogP contribution in [0.3, 0.4) is 0 Å². The van der Waals surface area contributed by atoms with Crippen molar-refractivity contribution in [1.82, 2.24) is 15.5 Å². The average molecular weight is 378 g/mol. The fraction of sp³-hybridized carbons (Fsp3) is 0.176. The van der Waals surface area contributed by atoms with E-state index >= 15 is 0 Å². The smallest absolute Gasteiger partial charge is 0.319 e. The highest BCUT2D eigenvalue weighted by Gasteiger charge is 2.40. The number of hydrogen-bond donors (Lipinski definition) is 2. The molecule has 0 unspecified atom stereocenters. The van der Waals surface area contributed by atoms with Gasteiger partial charge < -0.3 is 20.0 Å². The first-order valence-corrected chi connectivity index (χ1v) is 8.35. The van der Waals surface area contributed by atoms with Crippen molar-refractivity contribution >= 4 is 35.1 Å². The highest BCUT2D eigenvalue weighted by molar-refractivity contribution is 6.42. The van der Waals surface area contributed by atoms with Crippen LogP contribution in [0.4, 0.5) is 4.79 Å². The summed E-state index contributed by atoms with van der Waals surface area (Å²) in [6, 6.07) is 7.69. The van der Waals surface area contributed by atoms with E-state index in [4.69, 9.17) is 27.6 Å². The van der Waals surface area contributed by atoms with Gasteiger partial charge in [0.15, 0.2) is 0 Å². The molecule has 0 radical (unpaired) electrons. The zero-order valence-corrected chi connectivity index (χ0v) is 14.4. The standard InChI is InChI=1S/C17H13Cl2N3O3/c18-11-4-3-9(6-12(11)19)15-14-13(20-17(24)21-15)8-22(16(14)23)7-10-2-1-5-25-10/h1-6,15H,7-8H2,(H2,20,21,24)/t15-/m0/s1. The van der Waals surface area contributed by atoms with Gasteiger partial charge in [0.05, 0.1) is 46.7 Å². The van der Waals surface area contributed by atoms with E-state index in [0.29, 0.717) is 45.7 Å². The third-order valence-electron chi connectivity index (χ3n) is 4.22. The Hall–Kier alpha value is -2.44. The molecule has 2 aliphatic heterocycles. The van der Waals surface area contributed by atoms with Crippen molar-refractivity contribution in [3.05, 3.63) is 69.2 Å². The van der Waals surface area contributed by atoms with E-state index in [-0.39, 0.29) is 11.9 Å². The minimum Gasteiger partial charge on any atom is -0.467 e. The number of rotatable bonds is 3. The number of furan rings is 1. The molecule has 3 amide bonds. The first-order valence-electron chi connectivity index (χ1n) is 7.60. The molecule has 1 aromatic carbocycles. The number of halogens is 2. The lowest BCUT2D eigenvalue weighted by atomic mass is 9.96. The van der Waals surface area contributed by atoms with Gasteiger partial charge in [0, 0.05) is 0 Å². The number of benzene rings is 1. The van der Waals surface area contributed by atoms with Crippen molar-refractivity contribution in [2.75, 3.05) is 6.54 Å². The monoisotopic (exact) mass is 377 g/mol. The summed E-state index contributed by atoms with van der Waals surface area (Å²) in [4.78, 5) is 26.5. The van der Waals surface area contributed by atoms with Crippen LogP contribution in [0.25, 0.3) is 0 Å². The average Bonchev–Trinajstić information content (AvgIpc) is 3.18. The van der Waals surface area contributed by atoms with Crippen LogP contribution in [0.1, 0.15) is 17.4 Å². The quantitative estimate of drug-likeness (QED) is 0.861. The van der Waals surface area contributed by atoms with Gasteiger partial charge in [-0.3, -0.25) is 4.79 Å². The van der Waals surface area contributed by atoms with Crippen LogP contribution in [-0.4, -0.2) is 23.4 Å². The molecule has 2 aliphatic rings. The Morgan fingerprint density at radius 1 is 1.20 bits per heavy atom. The Bertz CT molecular complexity index is 893. The van der Waals surface area contributed by atoms with Gasteiger partial charge in [-0.25, -0.2) is 4.79 Å². The van der Waals surface area contributed by atoms with Gasteiger partial charge in [-0.05, 0) is 29.8 Å². The van der Waals surface area contributed by atoms with Crippen molar-refractivity contribution < 1.29 is 14.0 Å². The molecule has 128 valence electrons. The largest absolute Gasteiger partial charge is 0.467 e. The number of carbonyl (C=O) groups is 2. The number of nitrogens with one attached hydrogen (secondary N) is 2. The van der Waals surface area contributed by atoms with E-state index in [1.165, 1.54) is 0 Å². The van der Waals surface area contributed by atoms with Crippen molar-refractivity contribution in [3.63, 3.8) is 0 Å². The van der Waals surface area contributed by atoms with E-state index in [0.717, 1.165) is 0 Å². The summed E-state index contributed by atoms with van der Waals surface area (Å²) in [5, 5.41) is 6.28. The van der Waals surface area contributed by atoms with Gasteiger partial charge in [0.2, 0.25) is 0 Å². The van der Waals surface area contributed by atoms with Crippen LogP contribution >= 0.6 is 23.2 Å². The lowest BCUT2D eigenvalue weighted by Gasteiger charge is -2.25. The summed E-state index contributed by atoms with van der Waals surface area (Å²) in [7, 11) is 0. The summed E-state index contributed by atoms with van der Waals surface area (Å²) in [6.07, 6.45) is 1.56. The van der Waals surface area contributed by atoms with E-state index < -0.39 is 6.04 Å². The first-order chi connectivity index (χ1) is 12.0. The molecule has 3 heterocycles. The minimum absolute atomic E-state index is 0.157. The Morgan fingerprint density at radius 3 is 2.76 bits per heavy atom. The summed E-state index contributed by atoms with van der Waals surface area (Å²) in [5.74, 6) is 0.522. The maximum absolute atomic E-state index is 12.9. The van der Waals surface area contributed by atoms with Crippen molar-refractivity contribution in [2.45, 2.75) is 12.6 Å². The highest BCUT2D eigenvalue weighted by Crippen LogP contribution is 2.35. The lowest BCUT2D eigenvalue weighted by molar-refractivity contribution is -0.126. The number of urea groups is 1. The molecule has 2 N–H and O–H groups in total. The molecule has 1 atom stereocenters. The van der Waals surface area contributed by atoms with Crippen molar-refractivity contribution in [1.29, 1.82) is 0 Å². The second kappa shape index (κ2) is 6.13. The van der Waals surface area contributed by atoms with Gasteiger partial charge in [0.25, 0.3) is 5.91 Å². The van der Waals surface area contributed by atoms with Crippen LogP contribution < -0.4 is 10.6 Å². The molecule has 25 heavy (non-hydrogen) atoms. The third-order valence-corrected chi connectivity index (χ3v) is 4.96. The van der Waals surface area contributed by atoms with Crippen LogP contribution in [-0.2, 0) is 11.3 Å². The molecule has 1 aromatic heterocycles. The molecular weight excluding hydrogens is 365 g/mol. The van der Waals surface area contributed by atoms with E-state index in [9.17, 15) is 9.59 Å². The molecule has 6 nitrogen and oxygen atoms in total. The SMILES string of the molecule is O=C1NC2=C(C(=O)N(Cc3ccco3)C2)[C@H](c2ccc(Cl)c(Cl)c2)N1. The fourth-order valence-electron chi connectivity index (χ4n) is 3.09. The van der Waals surface area contributed by atoms with E-state index in [1.54, 1.807) is 41.5 Å². The van der Waals surface area contributed by atoms with Crippen molar-refractivity contribution in [2.24, 2.45) is 0 Å². The van der Waals surface area contributed by atoms with Crippen LogP contribution in [0, 0.1) is 0 Å².